The third-order valence-electron chi connectivity index (χ3n) is 2.81. The second-order valence-electron chi connectivity index (χ2n) is 4.47. The SMILES string of the molecule is CCNCC(C)C(=O)N(C)C(C)(C)C(=O)O. The molecule has 5 heteroatoms. The lowest BCUT2D eigenvalue weighted by atomic mass is 10.0. The summed E-state index contributed by atoms with van der Waals surface area (Å²) in [6.07, 6.45) is 0. The normalized spacial score (nSPS) is 13.3. The van der Waals surface area contributed by atoms with E-state index in [9.17, 15) is 9.59 Å². The van der Waals surface area contributed by atoms with E-state index in [1.807, 2.05) is 6.92 Å². The van der Waals surface area contributed by atoms with Gasteiger partial charge in [0.1, 0.15) is 5.54 Å². The van der Waals surface area contributed by atoms with Gasteiger partial charge in [-0.15, -0.1) is 0 Å². The largest absolute Gasteiger partial charge is 0.480 e. The van der Waals surface area contributed by atoms with E-state index >= 15 is 0 Å². The molecule has 0 fully saturated rings. The Bertz CT molecular complexity index is 264. The van der Waals surface area contributed by atoms with Gasteiger partial charge >= 0.3 is 5.97 Å². The molecule has 1 amide bonds. The molecule has 94 valence electrons. The summed E-state index contributed by atoms with van der Waals surface area (Å²) < 4.78 is 0. The van der Waals surface area contributed by atoms with Crippen molar-refractivity contribution < 1.29 is 14.7 Å². The molecule has 5 nitrogen and oxygen atoms in total. The van der Waals surface area contributed by atoms with Crippen molar-refractivity contribution in [2.45, 2.75) is 33.2 Å². The van der Waals surface area contributed by atoms with Crippen LogP contribution in [0.3, 0.4) is 0 Å². The van der Waals surface area contributed by atoms with Crippen LogP contribution in [0.2, 0.25) is 0 Å². The molecule has 0 aliphatic heterocycles. The molecule has 2 N–H and O–H groups in total. The number of carboxylic acids is 1. The fourth-order valence-electron chi connectivity index (χ4n) is 1.20. The molecule has 1 atom stereocenters. The lowest BCUT2D eigenvalue weighted by Crippen LogP contribution is -2.53. The number of hydrogen-bond acceptors (Lipinski definition) is 3. The Morgan fingerprint density at radius 3 is 2.31 bits per heavy atom. The molecule has 16 heavy (non-hydrogen) atoms. The third kappa shape index (κ3) is 3.48. The molecule has 0 spiro atoms. The number of nitrogens with one attached hydrogen (secondary N) is 1. The lowest BCUT2D eigenvalue weighted by molar-refractivity contribution is -0.156. The van der Waals surface area contributed by atoms with E-state index in [0.29, 0.717) is 6.54 Å². The van der Waals surface area contributed by atoms with Gasteiger partial charge in [-0.2, -0.15) is 0 Å². The van der Waals surface area contributed by atoms with Crippen molar-refractivity contribution in [1.29, 1.82) is 0 Å². The number of hydrogen-bond donors (Lipinski definition) is 2. The highest BCUT2D eigenvalue weighted by molar-refractivity contribution is 5.87. The van der Waals surface area contributed by atoms with Crippen molar-refractivity contribution in [2.75, 3.05) is 20.1 Å². The molecule has 0 saturated heterocycles. The van der Waals surface area contributed by atoms with Gasteiger partial charge in [0.2, 0.25) is 5.91 Å². The van der Waals surface area contributed by atoms with Crippen molar-refractivity contribution in [3.05, 3.63) is 0 Å². The second-order valence-corrected chi connectivity index (χ2v) is 4.47. The number of aliphatic carboxylic acids is 1. The highest BCUT2D eigenvalue weighted by Gasteiger charge is 2.36. The fraction of sp³-hybridized carbons (Fsp3) is 0.818. The van der Waals surface area contributed by atoms with Crippen LogP contribution in [-0.4, -0.2) is 47.6 Å². The van der Waals surface area contributed by atoms with Crippen LogP contribution in [-0.2, 0) is 9.59 Å². The summed E-state index contributed by atoms with van der Waals surface area (Å²) in [5, 5.41) is 12.1. The summed E-state index contributed by atoms with van der Waals surface area (Å²) in [4.78, 5) is 24.2. The molecule has 1 unspecified atom stereocenters. The third-order valence-corrected chi connectivity index (χ3v) is 2.81. The predicted molar refractivity (Wildman–Crippen MR) is 62.2 cm³/mol. The van der Waals surface area contributed by atoms with Crippen LogP contribution in [0.15, 0.2) is 0 Å². The number of likely N-dealkylation sites (N-methyl/N-ethyl adjacent to an activating group) is 1. The van der Waals surface area contributed by atoms with Gasteiger partial charge in [0.05, 0.1) is 0 Å². The van der Waals surface area contributed by atoms with Crippen molar-refractivity contribution in [1.82, 2.24) is 10.2 Å². The minimum atomic E-state index is -1.17. The molecule has 0 aliphatic rings. The molecule has 0 bridgehead atoms. The quantitative estimate of drug-likeness (QED) is 0.699. The van der Waals surface area contributed by atoms with E-state index in [1.54, 1.807) is 6.92 Å². The molecule has 0 aromatic rings. The lowest BCUT2D eigenvalue weighted by Gasteiger charge is -2.33. The number of rotatable bonds is 6. The number of carbonyl (C=O) groups excluding carboxylic acids is 1. The number of carboxylic acid groups (broad SMARTS) is 1. The number of amides is 1. The Kier molecular flexibility index (Phi) is 5.44. The Labute approximate surface area is 96.8 Å². The monoisotopic (exact) mass is 230 g/mol. The second kappa shape index (κ2) is 5.84. The van der Waals surface area contributed by atoms with Crippen molar-refractivity contribution in [3.63, 3.8) is 0 Å². The molecule has 0 heterocycles. The highest BCUT2D eigenvalue weighted by atomic mass is 16.4. The van der Waals surface area contributed by atoms with Crippen LogP contribution in [0.5, 0.6) is 0 Å². The van der Waals surface area contributed by atoms with E-state index < -0.39 is 11.5 Å². The Hall–Kier alpha value is -1.10. The Morgan fingerprint density at radius 1 is 1.44 bits per heavy atom. The van der Waals surface area contributed by atoms with E-state index in [1.165, 1.54) is 25.8 Å². The highest BCUT2D eigenvalue weighted by Crippen LogP contribution is 2.15. The van der Waals surface area contributed by atoms with Gasteiger partial charge in [0.25, 0.3) is 0 Å². The van der Waals surface area contributed by atoms with Crippen LogP contribution >= 0.6 is 0 Å². The summed E-state index contributed by atoms with van der Waals surface area (Å²) in [5.41, 5.74) is -1.17. The van der Waals surface area contributed by atoms with Gasteiger partial charge in [-0.1, -0.05) is 13.8 Å². The summed E-state index contributed by atoms with van der Waals surface area (Å²) in [5.74, 6) is -1.38. The van der Waals surface area contributed by atoms with Crippen LogP contribution in [0.25, 0.3) is 0 Å². The molecule has 0 aromatic carbocycles. The number of nitrogens with zero attached hydrogens (tertiary/aromatic N) is 1. The molecule has 0 saturated carbocycles. The maximum Gasteiger partial charge on any atom is 0.329 e. The van der Waals surface area contributed by atoms with Crippen LogP contribution in [0, 0.1) is 5.92 Å². The van der Waals surface area contributed by atoms with E-state index in [4.69, 9.17) is 5.11 Å². The molecule has 0 aromatic heterocycles. The van der Waals surface area contributed by atoms with Gasteiger partial charge < -0.3 is 15.3 Å². The van der Waals surface area contributed by atoms with Gasteiger partial charge in [-0.25, -0.2) is 4.79 Å². The summed E-state index contributed by atoms with van der Waals surface area (Å²) in [7, 11) is 1.53. The number of carbonyl (C=O) groups is 2. The average Bonchev–Trinajstić information content (AvgIpc) is 2.23. The Morgan fingerprint density at radius 2 is 1.94 bits per heavy atom. The zero-order valence-corrected chi connectivity index (χ0v) is 10.7. The van der Waals surface area contributed by atoms with Gasteiger partial charge in [-0.3, -0.25) is 4.79 Å². The van der Waals surface area contributed by atoms with Crippen molar-refractivity contribution in [3.8, 4) is 0 Å². The van der Waals surface area contributed by atoms with Gasteiger partial charge in [0, 0.05) is 19.5 Å². The first-order chi connectivity index (χ1) is 7.25. The molecule has 0 rings (SSSR count). The average molecular weight is 230 g/mol. The summed E-state index contributed by atoms with van der Waals surface area (Å²) in [6.45, 7) is 8.15. The van der Waals surface area contributed by atoms with Crippen molar-refractivity contribution in [2.24, 2.45) is 5.92 Å². The first-order valence-electron chi connectivity index (χ1n) is 5.46. The standard InChI is InChI=1S/C11H22N2O3/c1-6-12-7-8(2)9(14)13(5)11(3,4)10(15)16/h8,12H,6-7H2,1-5H3,(H,15,16). The molecular formula is C11H22N2O3. The fourth-order valence-corrected chi connectivity index (χ4v) is 1.20. The first kappa shape index (κ1) is 14.9. The van der Waals surface area contributed by atoms with Crippen molar-refractivity contribution >= 4 is 11.9 Å². The zero-order chi connectivity index (χ0) is 12.9. The van der Waals surface area contributed by atoms with Crippen LogP contribution in [0.1, 0.15) is 27.7 Å². The van der Waals surface area contributed by atoms with Crippen LogP contribution in [0.4, 0.5) is 0 Å². The van der Waals surface area contributed by atoms with E-state index in [0.717, 1.165) is 6.54 Å². The molecule has 0 radical (unpaired) electrons. The summed E-state index contributed by atoms with van der Waals surface area (Å²) in [6, 6.07) is 0. The van der Waals surface area contributed by atoms with Gasteiger partial charge in [0.15, 0.2) is 0 Å². The maximum atomic E-state index is 11.9. The maximum absolute atomic E-state index is 11.9. The molecular weight excluding hydrogens is 208 g/mol. The summed E-state index contributed by atoms with van der Waals surface area (Å²) >= 11 is 0. The zero-order valence-electron chi connectivity index (χ0n) is 10.7. The van der Waals surface area contributed by atoms with Gasteiger partial charge in [-0.05, 0) is 20.4 Å². The Balaban J connectivity index is 4.54. The van der Waals surface area contributed by atoms with Crippen LogP contribution < -0.4 is 5.32 Å². The van der Waals surface area contributed by atoms with E-state index in [2.05, 4.69) is 5.32 Å². The predicted octanol–water partition coefficient (Wildman–Crippen LogP) is 0.554. The minimum Gasteiger partial charge on any atom is -0.480 e. The molecule has 0 aliphatic carbocycles. The smallest absolute Gasteiger partial charge is 0.329 e. The topological polar surface area (TPSA) is 69.6 Å². The van der Waals surface area contributed by atoms with E-state index in [-0.39, 0.29) is 11.8 Å². The first-order valence-corrected chi connectivity index (χ1v) is 5.46. The minimum absolute atomic E-state index is 0.159.